The topological polar surface area (TPSA) is 29.3 Å². The molecule has 1 aliphatic rings. The van der Waals surface area contributed by atoms with Crippen LogP contribution in [-0.4, -0.2) is 24.0 Å². The average molecular weight is 295 g/mol. The van der Waals surface area contributed by atoms with E-state index >= 15 is 0 Å². The molecule has 0 bridgehead atoms. The Kier molecular flexibility index (Phi) is 5.27. The van der Waals surface area contributed by atoms with Crippen LogP contribution in [0.4, 0.5) is 0 Å². The largest absolute Gasteiger partial charge is 0.326 e. The van der Waals surface area contributed by atoms with Gasteiger partial charge in [-0.2, -0.15) is 11.3 Å². The Morgan fingerprint density at radius 3 is 2.45 bits per heavy atom. The summed E-state index contributed by atoms with van der Waals surface area (Å²) in [4.78, 5) is 2.62. The number of hydrogen-bond acceptors (Lipinski definition) is 3. The van der Waals surface area contributed by atoms with Crippen molar-refractivity contribution in [3.05, 3.63) is 22.4 Å². The highest BCUT2D eigenvalue weighted by Crippen LogP contribution is 2.37. The first-order chi connectivity index (χ1) is 9.43. The molecule has 1 saturated heterocycles. The molecule has 20 heavy (non-hydrogen) atoms. The highest BCUT2D eigenvalue weighted by Gasteiger charge is 2.33. The number of thiophene rings is 1. The first kappa shape index (κ1) is 16.0. The number of nitrogens with zero attached hydrogens (tertiary/aromatic N) is 1. The maximum Gasteiger partial charge on any atom is 0.0507 e. The van der Waals surface area contributed by atoms with E-state index in [1.54, 1.807) is 11.3 Å². The molecule has 2 heterocycles. The summed E-state index contributed by atoms with van der Waals surface area (Å²) < 4.78 is 0. The minimum atomic E-state index is 0.246. The number of hydrogen-bond donors (Lipinski definition) is 1. The SMILES string of the molecule is CCC(N)C(c1ccsc1)N1CCC(C(C)(C)C)CC1. The minimum Gasteiger partial charge on any atom is -0.326 e. The van der Waals surface area contributed by atoms with Gasteiger partial charge in [0.1, 0.15) is 0 Å². The summed E-state index contributed by atoms with van der Waals surface area (Å²) in [6, 6.07) is 2.91. The summed E-state index contributed by atoms with van der Waals surface area (Å²) in [5, 5.41) is 4.45. The molecular weight excluding hydrogens is 264 g/mol. The third kappa shape index (κ3) is 3.63. The van der Waals surface area contributed by atoms with Crippen LogP contribution < -0.4 is 5.73 Å². The van der Waals surface area contributed by atoms with E-state index in [-0.39, 0.29) is 6.04 Å². The van der Waals surface area contributed by atoms with Crippen LogP contribution >= 0.6 is 11.3 Å². The van der Waals surface area contributed by atoms with Gasteiger partial charge in [-0.25, -0.2) is 0 Å². The molecule has 2 atom stereocenters. The Morgan fingerprint density at radius 2 is 2.00 bits per heavy atom. The minimum absolute atomic E-state index is 0.246. The second kappa shape index (κ2) is 6.59. The molecule has 0 aliphatic carbocycles. The van der Waals surface area contributed by atoms with Crippen LogP contribution in [-0.2, 0) is 0 Å². The van der Waals surface area contributed by atoms with Crippen molar-refractivity contribution in [2.75, 3.05) is 13.1 Å². The zero-order valence-corrected chi connectivity index (χ0v) is 14.2. The molecule has 1 fully saturated rings. The van der Waals surface area contributed by atoms with E-state index in [0.29, 0.717) is 11.5 Å². The maximum atomic E-state index is 6.42. The average Bonchev–Trinajstić information content (AvgIpc) is 2.92. The van der Waals surface area contributed by atoms with Gasteiger partial charge in [0.05, 0.1) is 6.04 Å². The van der Waals surface area contributed by atoms with E-state index in [1.165, 1.54) is 31.5 Å². The summed E-state index contributed by atoms with van der Waals surface area (Å²) in [6.45, 7) is 11.7. The molecule has 0 aromatic carbocycles. The third-order valence-corrected chi connectivity index (χ3v) is 5.61. The van der Waals surface area contributed by atoms with Gasteiger partial charge in [-0.3, -0.25) is 4.90 Å². The second-order valence-electron chi connectivity index (χ2n) is 7.25. The lowest BCUT2D eigenvalue weighted by atomic mass is 9.75. The van der Waals surface area contributed by atoms with Crippen LogP contribution in [0.15, 0.2) is 16.8 Å². The molecule has 1 aliphatic heterocycles. The fraction of sp³-hybridized carbons (Fsp3) is 0.765. The Hall–Kier alpha value is -0.380. The van der Waals surface area contributed by atoms with Crippen molar-refractivity contribution in [3.63, 3.8) is 0 Å². The Bertz CT molecular complexity index is 386. The lowest BCUT2D eigenvalue weighted by Gasteiger charge is -2.43. The van der Waals surface area contributed by atoms with Gasteiger partial charge < -0.3 is 5.73 Å². The molecule has 2 rings (SSSR count). The number of likely N-dealkylation sites (tertiary alicyclic amines) is 1. The number of piperidine rings is 1. The van der Waals surface area contributed by atoms with Crippen molar-refractivity contribution < 1.29 is 0 Å². The van der Waals surface area contributed by atoms with Crippen LogP contribution in [0.1, 0.15) is 58.6 Å². The monoisotopic (exact) mass is 294 g/mol. The highest BCUT2D eigenvalue weighted by atomic mass is 32.1. The summed E-state index contributed by atoms with van der Waals surface area (Å²) in [6.07, 6.45) is 3.65. The van der Waals surface area contributed by atoms with Gasteiger partial charge in [-0.05, 0) is 66.1 Å². The molecule has 0 amide bonds. The molecule has 2 unspecified atom stereocenters. The number of nitrogens with two attached hydrogens (primary N) is 1. The van der Waals surface area contributed by atoms with Crippen LogP contribution in [0.3, 0.4) is 0 Å². The van der Waals surface area contributed by atoms with Crippen molar-refractivity contribution in [1.82, 2.24) is 4.90 Å². The van der Waals surface area contributed by atoms with Gasteiger partial charge in [0, 0.05) is 6.04 Å². The lowest BCUT2D eigenvalue weighted by molar-refractivity contribution is 0.0723. The van der Waals surface area contributed by atoms with Crippen molar-refractivity contribution in [1.29, 1.82) is 0 Å². The molecule has 1 aromatic heterocycles. The van der Waals surface area contributed by atoms with Gasteiger partial charge in [0.2, 0.25) is 0 Å². The van der Waals surface area contributed by atoms with Gasteiger partial charge in [-0.15, -0.1) is 0 Å². The van der Waals surface area contributed by atoms with E-state index in [2.05, 4.69) is 49.4 Å². The van der Waals surface area contributed by atoms with Crippen molar-refractivity contribution in [2.24, 2.45) is 17.1 Å². The molecule has 1 aromatic rings. The maximum absolute atomic E-state index is 6.42. The highest BCUT2D eigenvalue weighted by molar-refractivity contribution is 7.07. The molecule has 0 spiro atoms. The van der Waals surface area contributed by atoms with E-state index < -0.39 is 0 Å². The summed E-state index contributed by atoms with van der Waals surface area (Å²) in [7, 11) is 0. The third-order valence-electron chi connectivity index (χ3n) is 4.91. The molecule has 114 valence electrons. The van der Waals surface area contributed by atoms with Gasteiger partial charge in [-0.1, -0.05) is 27.7 Å². The van der Waals surface area contributed by atoms with Crippen molar-refractivity contribution in [2.45, 2.75) is 59.0 Å². The first-order valence-corrected chi connectivity index (χ1v) is 8.89. The first-order valence-electron chi connectivity index (χ1n) is 7.95. The van der Waals surface area contributed by atoms with Crippen LogP contribution in [0.5, 0.6) is 0 Å². The quantitative estimate of drug-likeness (QED) is 0.898. The van der Waals surface area contributed by atoms with E-state index in [0.717, 1.165) is 12.3 Å². The zero-order chi connectivity index (χ0) is 14.8. The molecule has 0 radical (unpaired) electrons. The Morgan fingerprint density at radius 1 is 1.35 bits per heavy atom. The Labute approximate surface area is 128 Å². The predicted molar refractivity (Wildman–Crippen MR) is 89.1 cm³/mol. The normalized spacial score (nSPS) is 21.9. The van der Waals surface area contributed by atoms with Crippen LogP contribution in [0, 0.1) is 11.3 Å². The van der Waals surface area contributed by atoms with Crippen LogP contribution in [0.25, 0.3) is 0 Å². The zero-order valence-electron chi connectivity index (χ0n) is 13.4. The second-order valence-corrected chi connectivity index (χ2v) is 8.03. The predicted octanol–water partition coefficient (Wildman–Crippen LogP) is 4.28. The summed E-state index contributed by atoms with van der Waals surface area (Å²) in [5.74, 6) is 0.847. The summed E-state index contributed by atoms with van der Waals surface area (Å²) in [5.41, 5.74) is 8.28. The molecular formula is C17H30N2S. The van der Waals surface area contributed by atoms with Crippen molar-refractivity contribution in [3.8, 4) is 0 Å². The van der Waals surface area contributed by atoms with E-state index in [9.17, 15) is 0 Å². The van der Waals surface area contributed by atoms with Crippen molar-refractivity contribution >= 4 is 11.3 Å². The van der Waals surface area contributed by atoms with Gasteiger partial charge in [0.25, 0.3) is 0 Å². The van der Waals surface area contributed by atoms with Gasteiger partial charge in [0.15, 0.2) is 0 Å². The summed E-state index contributed by atoms with van der Waals surface area (Å²) >= 11 is 1.78. The fourth-order valence-corrected chi connectivity index (χ4v) is 4.13. The molecule has 2 nitrogen and oxygen atoms in total. The number of rotatable bonds is 4. The van der Waals surface area contributed by atoms with E-state index in [4.69, 9.17) is 5.73 Å². The molecule has 3 heteroatoms. The standard InChI is InChI=1S/C17H30N2S/c1-5-15(18)16(13-8-11-20-12-13)19-9-6-14(7-10-19)17(2,3)4/h8,11-12,14-16H,5-7,9-10,18H2,1-4H3. The Balaban J connectivity index is 2.06. The van der Waals surface area contributed by atoms with Gasteiger partial charge >= 0.3 is 0 Å². The lowest BCUT2D eigenvalue weighted by Crippen LogP contribution is -2.46. The molecule has 2 N–H and O–H groups in total. The van der Waals surface area contributed by atoms with E-state index in [1.807, 2.05) is 0 Å². The van der Waals surface area contributed by atoms with Crippen LogP contribution in [0.2, 0.25) is 0 Å². The smallest absolute Gasteiger partial charge is 0.0507 e. The fourth-order valence-electron chi connectivity index (χ4n) is 3.44. The molecule has 0 saturated carbocycles.